The lowest BCUT2D eigenvalue weighted by Crippen LogP contribution is -2.34. The Labute approximate surface area is 169 Å². The number of piperidine rings is 1. The van der Waals surface area contributed by atoms with E-state index in [4.69, 9.17) is 4.74 Å². The second kappa shape index (κ2) is 9.66. The molecule has 0 aliphatic carbocycles. The van der Waals surface area contributed by atoms with E-state index < -0.39 is 0 Å². The van der Waals surface area contributed by atoms with Gasteiger partial charge in [-0.15, -0.1) is 11.3 Å². The van der Waals surface area contributed by atoms with Crippen molar-refractivity contribution in [3.8, 4) is 5.75 Å². The monoisotopic (exact) mass is 402 g/mol. The van der Waals surface area contributed by atoms with Gasteiger partial charge in [-0.05, 0) is 43.5 Å². The molecule has 1 aromatic carbocycles. The fourth-order valence-corrected chi connectivity index (χ4v) is 4.00. The molecule has 8 heteroatoms. The van der Waals surface area contributed by atoms with Crippen LogP contribution in [0.2, 0.25) is 0 Å². The molecule has 1 atom stereocenters. The minimum absolute atomic E-state index is 0.116. The fourth-order valence-electron chi connectivity index (χ4n) is 3.29. The summed E-state index contributed by atoms with van der Waals surface area (Å²) < 4.78 is 5.10. The van der Waals surface area contributed by atoms with Crippen LogP contribution in [0.1, 0.15) is 35.8 Å². The maximum Gasteiger partial charge on any atom is 0.251 e. The predicted molar refractivity (Wildman–Crippen MR) is 110 cm³/mol. The van der Waals surface area contributed by atoms with Crippen molar-refractivity contribution in [2.75, 3.05) is 32.1 Å². The van der Waals surface area contributed by atoms with E-state index in [-0.39, 0.29) is 18.4 Å². The number of anilines is 1. The summed E-state index contributed by atoms with van der Waals surface area (Å²) in [7, 11) is 1.54. The van der Waals surface area contributed by atoms with Crippen molar-refractivity contribution in [3.05, 3.63) is 40.9 Å². The van der Waals surface area contributed by atoms with Gasteiger partial charge in [-0.1, -0.05) is 13.0 Å². The number of hydrogen-bond acceptors (Lipinski definition) is 6. The van der Waals surface area contributed by atoms with Crippen LogP contribution < -0.4 is 15.4 Å². The van der Waals surface area contributed by atoms with E-state index in [9.17, 15) is 9.59 Å². The number of thiazole rings is 1. The third kappa shape index (κ3) is 5.77. The third-order valence-corrected chi connectivity index (χ3v) is 5.47. The molecular formula is C20H26N4O3S. The molecule has 3 rings (SSSR count). The molecule has 0 radical (unpaired) electrons. The summed E-state index contributed by atoms with van der Waals surface area (Å²) in [6.07, 6.45) is 2.51. The summed E-state index contributed by atoms with van der Waals surface area (Å²) >= 11 is 1.40. The SMILES string of the molecule is COc1cccc(C(=O)NCC(=O)Nc2nc(CN3CCCC(C)C3)cs2)c1. The second-order valence-corrected chi connectivity index (χ2v) is 7.95. The minimum Gasteiger partial charge on any atom is -0.497 e. The Bertz CT molecular complexity index is 823. The number of nitrogens with zero attached hydrogens (tertiary/aromatic N) is 2. The summed E-state index contributed by atoms with van der Waals surface area (Å²) in [5.41, 5.74) is 1.41. The van der Waals surface area contributed by atoms with Crippen LogP contribution in [0.3, 0.4) is 0 Å². The molecule has 2 amide bonds. The van der Waals surface area contributed by atoms with Crippen molar-refractivity contribution in [1.29, 1.82) is 0 Å². The van der Waals surface area contributed by atoms with Crippen LogP contribution in [0.5, 0.6) is 5.75 Å². The highest BCUT2D eigenvalue weighted by molar-refractivity contribution is 7.13. The summed E-state index contributed by atoms with van der Waals surface area (Å²) in [6.45, 7) is 5.16. The Hall–Kier alpha value is -2.45. The normalized spacial score (nSPS) is 17.1. The van der Waals surface area contributed by atoms with Crippen LogP contribution in [0.25, 0.3) is 0 Å². The molecule has 0 spiro atoms. The van der Waals surface area contributed by atoms with Gasteiger partial charge in [0.15, 0.2) is 5.13 Å². The highest BCUT2D eigenvalue weighted by Gasteiger charge is 2.17. The quantitative estimate of drug-likeness (QED) is 0.744. The van der Waals surface area contributed by atoms with Crippen molar-refractivity contribution in [2.45, 2.75) is 26.3 Å². The van der Waals surface area contributed by atoms with Crippen LogP contribution in [0.15, 0.2) is 29.6 Å². The molecule has 2 N–H and O–H groups in total. The largest absolute Gasteiger partial charge is 0.497 e. The van der Waals surface area contributed by atoms with Gasteiger partial charge in [0.25, 0.3) is 5.91 Å². The Morgan fingerprint density at radius 2 is 2.25 bits per heavy atom. The van der Waals surface area contributed by atoms with Crippen molar-refractivity contribution in [3.63, 3.8) is 0 Å². The lowest BCUT2D eigenvalue weighted by atomic mass is 10.0. The topological polar surface area (TPSA) is 83.6 Å². The minimum atomic E-state index is -0.326. The lowest BCUT2D eigenvalue weighted by Gasteiger charge is -2.30. The molecule has 0 saturated carbocycles. The Kier molecular flexibility index (Phi) is 7.00. The maximum absolute atomic E-state index is 12.2. The van der Waals surface area contributed by atoms with Crippen molar-refractivity contribution in [1.82, 2.24) is 15.2 Å². The van der Waals surface area contributed by atoms with Crippen LogP contribution in [0.4, 0.5) is 5.13 Å². The van der Waals surface area contributed by atoms with Gasteiger partial charge in [0.05, 0.1) is 19.3 Å². The molecule has 28 heavy (non-hydrogen) atoms. The summed E-state index contributed by atoms with van der Waals surface area (Å²) in [4.78, 5) is 31.2. The predicted octanol–water partition coefficient (Wildman–Crippen LogP) is 2.75. The molecule has 1 fully saturated rings. The van der Waals surface area contributed by atoms with E-state index >= 15 is 0 Å². The fraction of sp³-hybridized carbons (Fsp3) is 0.450. The maximum atomic E-state index is 12.2. The first-order valence-electron chi connectivity index (χ1n) is 9.42. The van der Waals surface area contributed by atoms with Gasteiger partial charge < -0.3 is 15.4 Å². The molecule has 150 valence electrons. The molecular weight excluding hydrogens is 376 g/mol. The Balaban J connectivity index is 1.46. The molecule has 7 nitrogen and oxygen atoms in total. The van der Waals surface area contributed by atoms with Crippen molar-refractivity contribution >= 4 is 28.3 Å². The first-order chi connectivity index (χ1) is 13.5. The summed E-state index contributed by atoms with van der Waals surface area (Å²) in [5, 5.41) is 7.89. The number of benzene rings is 1. The van der Waals surface area contributed by atoms with E-state index in [0.29, 0.717) is 16.4 Å². The Morgan fingerprint density at radius 1 is 1.39 bits per heavy atom. The standard InChI is InChI=1S/C20H26N4O3S/c1-14-5-4-8-24(11-14)12-16-13-28-20(22-16)23-18(25)10-21-19(26)15-6-3-7-17(9-15)27-2/h3,6-7,9,13-14H,4-5,8,10-12H2,1-2H3,(H,21,26)(H,22,23,25). The van der Waals surface area contributed by atoms with Crippen molar-refractivity contribution in [2.24, 2.45) is 5.92 Å². The molecule has 1 saturated heterocycles. The number of carbonyl (C=O) groups is 2. The average Bonchev–Trinajstić information content (AvgIpc) is 3.12. The van der Waals surface area contributed by atoms with E-state index in [1.807, 2.05) is 5.38 Å². The average molecular weight is 403 g/mol. The lowest BCUT2D eigenvalue weighted by molar-refractivity contribution is -0.115. The zero-order valence-electron chi connectivity index (χ0n) is 16.2. The van der Waals surface area contributed by atoms with Gasteiger partial charge >= 0.3 is 0 Å². The Morgan fingerprint density at radius 3 is 3.04 bits per heavy atom. The molecule has 1 aliphatic rings. The molecule has 1 aromatic heterocycles. The van der Waals surface area contributed by atoms with Crippen LogP contribution in [0, 0.1) is 5.92 Å². The van der Waals surface area contributed by atoms with Gasteiger partial charge in [-0.3, -0.25) is 14.5 Å². The van der Waals surface area contributed by atoms with Gasteiger partial charge in [0, 0.05) is 24.0 Å². The smallest absolute Gasteiger partial charge is 0.251 e. The van der Waals surface area contributed by atoms with Crippen LogP contribution in [-0.4, -0.2) is 48.4 Å². The van der Waals surface area contributed by atoms with Crippen LogP contribution >= 0.6 is 11.3 Å². The third-order valence-electron chi connectivity index (χ3n) is 4.67. The summed E-state index contributed by atoms with van der Waals surface area (Å²) in [6, 6.07) is 6.79. The zero-order valence-corrected chi connectivity index (χ0v) is 17.1. The molecule has 1 aliphatic heterocycles. The number of amides is 2. The van der Waals surface area contributed by atoms with E-state index in [0.717, 1.165) is 31.2 Å². The van der Waals surface area contributed by atoms with Gasteiger partial charge in [0.2, 0.25) is 5.91 Å². The van der Waals surface area contributed by atoms with E-state index in [1.54, 1.807) is 31.4 Å². The number of methoxy groups -OCH3 is 1. The number of aromatic nitrogens is 1. The number of rotatable bonds is 7. The van der Waals surface area contributed by atoms with E-state index in [1.165, 1.54) is 24.2 Å². The number of ether oxygens (including phenoxy) is 1. The number of carbonyl (C=O) groups excluding carboxylic acids is 2. The van der Waals surface area contributed by atoms with Gasteiger partial charge in [-0.25, -0.2) is 4.98 Å². The van der Waals surface area contributed by atoms with Crippen molar-refractivity contribution < 1.29 is 14.3 Å². The van der Waals surface area contributed by atoms with Gasteiger partial charge in [0.1, 0.15) is 5.75 Å². The molecule has 2 heterocycles. The van der Waals surface area contributed by atoms with Gasteiger partial charge in [-0.2, -0.15) is 0 Å². The number of likely N-dealkylation sites (tertiary alicyclic amines) is 1. The highest BCUT2D eigenvalue weighted by atomic mass is 32.1. The molecule has 1 unspecified atom stereocenters. The molecule has 0 bridgehead atoms. The zero-order chi connectivity index (χ0) is 19.9. The highest BCUT2D eigenvalue weighted by Crippen LogP contribution is 2.20. The van der Waals surface area contributed by atoms with E-state index in [2.05, 4.69) is 27.4 Å². The van der Waals surface area contributed by atoms with Crippen LogP contribution in [-0.2, 0) is 11.3 Å². The number of nitrogens with one attached hydrogen (secondary N) is 2. The summed E-state index contributed by atoms with van der Waals surface area (Å²) in [5.74, 6) is 0.687. The second-order valence-electron chi connectivity index (χ2n) is 7.09. The first-order valence-corrected chi connectivity index (χ1v) is 10.3. The molecule has 2 aromatic rings. The first kappa shape index (κ1) is 20.3. The number of hydrogen-bond donors (Lipinski definition) is 2.